The van der Waals surface area contributed by atoms with Crippen molar-refractivity contribution in [1.82, 2.24) is 19.9 Å². The number of Topliss-reactive ketones (excluding diaryl/α,β-unsaturated/α-hetero) is 1. The minimum atomic E-state index is -0.988. The Kier molecular flexibility index (Phi) is 6.78. The molecule has 3 heterocycles. The zero-order valence-electron chi connectivity index (χ0n) is 19.5. The summed E-state index contributed by atoms with van der Waals surface area (Å²) in [4.78, 5) is 46.7. The molecule has 5 rings (SSSR count). The number of aromatic nitrogens is 3. The van der Waals surface area contributed by atoms with E-state index in [0.29, 0.717) is 35.1 Å². The maximum absolute atomic E-state index is 12.1. The van der Waals surface area contributed by atoms with E-state index in [1.807, 2.05) is 24.3 Å². The third-order valence-corrected chi connectivity index (χ3v) is 7.05. The van der Waals surface area contributed by atoms with E-state index in [1.165, 1.54) is 17.8 Å². The first kappa shape index (κ1) is 23.4. The van der Waals surface area contributed by atoms with Crippen LogP contribution in [0.4, 0.5) is 11.9 Å². The first-order chi connectivity index (χ1) is 16.9. The fourth-order valence-corrected chi connectivity index (χ4v) is 4.62. The molecule has 2 aliphatic heterocycles. The van der Waals surface area contributed by atoms with Crippen molar-refractivity contribution >= 4 is 41.2 Å². The summed E-state index contributed by atoms with van der Waals surface area (Å²) in [6.07, 6.45) is 4.03. The summed E-state index contributed by atoms with van der Waals surface area (Å²) in [6.45, 7) is 3.55. The van der Waals surface area contributed by atoms with Crippen molar-refractivity contribution < 1.29 is 14.7 Å². The summed E-state index contributed by atoms with van der Waals surface area (Å²) in [7, 11) is 2.09. The van der Waals surface area contributed by atoms with Crippen LogP contribution >= 0.6 is 11.8 Å². The van der Waals surface area contributed by atoms with Crippen LogP contribution in [0.1, 0.15) is 18.4 Å². The number of hydrogen-bond acceptors (Lipinski definition) is 10. The lowest BCUT2D eigenvalue weighted by Gasteiger charge is -2.32. The Bertz CT molecular complexity index is 1190. The summed E-state index contributed by atoms with van der Waals surface area (Å²) in [5.41, 5.74) is 1.23. The van der Waals surface area contributed by atoms with Crippen molar-refractivity contribution in [2.75, 3.05) is 50.0 Å². The van der Waals surface area contributed by atoms with E-state index >= 15 is 0 Å². The van der Waals surface area contributed by atoms with Gasteiger partial charge >= 0.3 is 5.97 Å². The van der Waals surface area contributed by atoms with Crippen molar-refractivity contribution in [3.8, 4) is 0 Å². The molecule has 0 unspecified atom stereocenters. The molecule has 11 heteroatoms. The Morgan fingerprint density at radius 3 is 2.49 bits per heavy atom. The molecule has 0 spiro atoms. The second kappa shape index (κ2) is 10.1. The predicted molar refractivity (Wildman–Crippen MR) is 133 cm³/mol. The Hall–Kier alpha value is -3.31. The second-order valence-corrected chi connectivity index (χ2v) is 10.0. The number of aliphatic imine (C=N–C) groups is 1. The number of nitrogens with zero attached hydrogens (tertiary/aromatic N) is 6. The van der Waals surface area contributed by atoms with Gasteiger partial charge in [-0.1, -0.05) is 12.1 Å². The van der Waals surface area contributed by atoms with E-state index < -0.39 is 5.97 Å². The number of carboxylic acids is 1. The number of carbonyl (C=O) groups excluding carboxylic acids is 1. The number of ketones is 1. The molecule has 1 aliphatic carbocycles. The Morgan fingerprint density at radius 1 is 1.09 bits per heavy atom. The number of piperazine rings is 1. The van der Waals surface area contributed by atoms with Crippen LogP contribution in [-0.2, 0) is 16.0 Å². The molecule has 10 nitrogen and oxygen atoms in total. The largest absolute Gasteiger partial charge is 0.478 e. The Morgan fingerprint density at radius 2 is 1.83 bits per heavy atom. The summed E-state index contributed by atoms with van der Waals surface area (Å²) in [5, 5.41) is 12.8. The number of carboxylic acid groups (broad SMARTS) is 1. The molecule has 1 saturated heterocycles. The number of rotatable bonds is 8. The molecule has 0 bridgehead atoms. The average molecular weight is 494 g/mol. The summed E-state index contributed by atoms with van der Waals surface area (Å²) in [6, 6.07) is 7.93. The SMILES string of the molecule is CN1CCN(c2nc(NC3=NCC(C(=O)O)=C3)nc(Sc3ccc(CC(=O)C4CC4)cc3)n2)CC1. The second-order valence-electron chi connectivity index (χ2n) is 9.00. The van der Waals surface area contributed by atoms with Gasteiger partial charge in [0.25, 0.3) is 0 Å². The first-order valence-corrected chi connectivity index (χ1v) is 12.5. The van der Waals surface area contributed by atoms with Gasteiger partial charge in [0.05, 0.1) is 12.1 Å². The van der Waals surface area contributed by atoms with Crippen LogP contribution in [0.3, 0.4) is 0 Å². The summed E-state index contributed by atoms with van der Waals surface area (Å²) in [5.74, 6) is 0.913. The van der Waals surface area contributed by atoms with E-state index in [2.05, 4.69) is 37.1 Å². The van der Waals surface area contributed by atoms with Crippen molar-refractivity contribution in [1.29, 1.82) is 0 Å². The molecule has 2 aromatic rings. The van der Waals surface area contributed by atoms with Gasteiger partial charge in [0.15, 0.2) is 5.16 Å². The molecule has 2 fully saturated rings. The van der Waals surface area contributed by atoms with Crippen molar-refractivity contribution in [3.63, 3.8) is 0 Å². The zero-order chi connectivity index (χ0) is 24.4. The highest BCUT2D eigenvalue weighted by atomic mass is 32.2. The molecule has 0 amide bonds. The number of carbonyl (C=O) groups is 2. The van der Waals surface area contributed by atoms with Gasteiger partial charge in [-0.3, -0.25) is 9.79 Å². The highest BCUT2D eigenvalue weighted by Gasteiger charge is 2.29. The topological polar surface area (TPSA) is 124 Å². The number of amidine groups is 1. The Labute approximate surface area is 207 Å². The number of hydrogen-bond donors (Lipinski definition) is 2. The zero-order valence-corrected chi connectivity index (χ0v) is 20.3. The molecule has 1 aromatic carbocycles. The number of anilines is 2. The van der Waals surface area contributed by atoms with Crippen molar-refractivity contribution in [2.24, 2.45) is 10.9 Å². The molecule has 182 valence electrons. The molecule has 35 heavy (non-hydrogen) atoms. The molecular weight excluding hydrogens is 466 g/mol. The van der Waals surface area contributed by atoms with Crippen molar-refractivity contribution in [3.05, 3.63) is 41.5 Å². The van der Waals surface area contributed by atoms with E-state index in [0.717, 1.165) is 49.5 Å². The lowest BCUT2D eigenvalue weighted by molar-refractivity contribution is -0.132. The van der Waals surface area contributed by atoms with Crippen LogP contribution in [0.5, 0.6) is 0 Å². The molecule has 1 saturated carbocycles. The number of likely N-dealkylation sites (N-methyl/N-ethyl adjacent to an activating group) is 1. The van der Waals surface area contributed by atoms with Crippen LogP contribution in [0.15, 0.2) is 51.0 Å². The Balaban J connectivity index is 1.34. The van der Waals surface area contributed by atoms with E-state index in [4.69, 9.17) is 4.98 Å². The normalized spacial score (nSPS) is 18.3. The van der Waals surface area contributed by atoms with E-state index in [-0.39, 0.29) is 18.0 Å². The summed E-state index contributed by atoms with van der Waals surface area (Å²) < 4.78 is 0. The smallest absolute Gasteiger partial charge is 0.333 e. The van der Waals surface area contributed by atoms with Crippen LogP contribution < -0.4 is 10.2 Å². The van der Waals surface area contributed by atoms with Gasteiger partial charge in [0.2, 0.25) is 11.9 Å². The van der Waals surface area contributed by atoms with Gasteiger partial charge in [0.1, 0.15) is 11.6 Å². The minimum Gasteiger partial charge on any atom is -0.478 e. The molecule has 1 aromatic heterocycles. The van der Waals surface area contributed by atoms with Gasteiger partial charge in [-0.15, -0.1) is 0 Å². The van der Waals surface area contributed by atoms with Gasteiger partial charge in [0, 0.05) is 43.4 Å². The highest BCUT2D eigenvalue weighted by Crippen LogP contribution is 2.32. The number of aliphatic carboxylic acids is 1. The van der Waals surface area contributed by atoms with Gasteiger partial charge in [-0.2, -0.15) is 15.0 Å². The summed E-state index contributed by atoms with van der Waals surface area (Å²) >= 11 is 1.42. The first-order valence-electron chi connectivity index (χ1n) is 11.7. The molecular formula is C24H27N7O3S. The van der Waals surface area contributed by atoms with Crippen LogP contribution in [-0.4, -0.2) is 82.3 Å². The van der Waals surface area contributed by atoms with E-state index in [9.17, 15) is 14.7 Å². The fraction of sp³-hybridized carbons (Fsp3) is 0.417. The van der Waals surface area contributed by atoms with Gasteiger partial charge in [-0.25, -0.2) is 4.79 Å². The average Bonchev–Trinajstić information content (AvgIpc) is 3.59. The molecule has 3 aliphatic rings. The lowest BCUT2D eigenvalue weighted by Crippen LogP contribution is -2.45. The molecule has 0 radical (unpaired) electrons. The predicted octanol–water partition coefficient (Wildman–Crippen LogP) is 2.13. The van der Waals surface area contributed by atoms with Crippen LogP contribution in [0, 0.1) is 5.92 Å². The van der Waals surface area contributed by atoms with E-state index in [1.54, 1.807) is 0 Å². The maximum Gasteiger partial charge on any atom is 0.333 e. The van der Waals surface area contributed by atoms with Crippen LogP contribution in [0.25, 0.3) is 0 Å². The van der Waals surface area contributed by atoms with Crippen LogP contribution in [0.2, 0.25) is 0 Å². The lowest BCUT2D eigenvalue weighted by atomic mass is 10.1. The number of benzene rings is 1. The monoisotopic (exact) mass is 493 g/mol. The third kappa shape index (κ3) is 6.04. The highest BCUT2D eigenvalue weighted by molar-refractivity contribution is 7.99. The van der Waals surface area contributed by atoms with Gasteiger partial charge < -0.3 is 20.2 Å². The standard InChI is InChI=1S/C24H27N7O3S/c1-30-8-10-31(11-9-30)23-27-22(26-20-13-17(14-25-20)21(33)34)28-24(29-23)35-18-6-2-15(3-7-18)12-19(32)16-4-5-16/h2-3,6-7,13,16H,4-5,8-12,14H2,1H3,(H,33,34)(H,25,26,27,28,29). The van der Waals surface area contributed by atoms with Crippen molar-refractivity contribution in [2.45, 2.75) is 29.3 Å². The fourth-order valence-electron chi connectivity index (χ4n) is 3.87. The number of nitrogens with one attached hydrogen (secondary N) is 1. The molecule has 0 atom stereocenters. The van der Waals surface area contributed by atoms with Gasteiger partial charge in [-0.05, 0) is 55.4 Å². The quantitative estimate of drug-likeness (QED) is 0.565. The minimum absolute atomic E-state index is 0.116. The molecule has 2 N–H and O–H groups in total. The third-order valence-electron chi connectivity index (χ3n) is 6.18. The maximum atomic E-state index is 12.1.